The van der Waals surface area contributed by atoms with Crippen molar-refractivity contribution in [2.24, 2.45) is 0 Å². The number of amides is 1. The van der Waals surface area contributed by atoms with E-state index in [0.717, 1.165) is 10.2 Å². The third-order valence-electron chi connectivity index (χ3n) is 4.26. The van der Waals surface area contributed by atoms with Gasteiger partial charge >= 0.3 is 5.97 Å². The zero-order valence-corrected chi connectivity index (χ0v) is 16.9. The second-order valence-corrected chi connectivity index (χ2v) is 6.77. The molecule has 0 atom stereocenters. The zero-order chi connectivity index (χ0) is 21.7. The largest absolute Gasteiger partial charge is 0.490 e. The van der Waals surface area contributed by atoms with Gasteiger partial charge in [-0.05, 0) is 32.1 Å². The van der Waals surface area contributed by atoms with E-state index in [0.29, 0.717) is 16.5 Å². The predicted octanol–water partition coefficient (Wildman–Crippen LogP) is 3.36. The number of carbonyl (C=O) groups excluding carboxylic acids is 2. The van der Waals surface area contributed by atoms with Gasteiger partial charge in [0.05, 0.1) is 18.8 Å². The molecule has 0 unspecified atom stereocenters. The molecule has 3 aromatic rings. The number of hydrogen-bond donors (Lipinski definition) is 1. The number of benzene rings is 2. The number of nitrogens with one attached hydrogen (secondary N) is 1. The summed E-state index contributed by atoms with van der Waals surface area (Å²) < 4.78 is 11.5. The number of nitrogens with zero attached hydrogens (tertiary/aromatic N) is 1. The highest BCUT2D eigenvalue weighted by Crippen LogP contribution is 2.21. The van der Waals surface area contributed by atoms with Crippen LogP contribution < -0.4 is 15.7 Å². The number of carbonyl (C=O) groups is 2. The highest BCUT2D eigenvalue weighted by molar-refractivity contribution is 6.04. The molecule has 0 saturated carbocycles. The maximum Gasteiger partial charge on any atom is 0.340 e. The zero-order valence-electron chi connectivity index (χ0n) is 16.9. The molecule has 7 heteroatoms. The Morgan fingerprint density at radius 3 is 2.40 bits per heavy atom. The van der Waals surface area contributed by atoms with Crippen LogP contribution in [0.15, 0.2) is 65.6 Å². The van der Waals surface area contributed by atoms with Gasteiger partial charge in [-0.1, -0.05) is 36.4 Å². The average Bonchev–Trinajstić information content (AvgIpc) is 2.74. The van der Waals surface area contributed by atoms with E-state index >= 15 is 0 Å². The molecule has 0 spiro atoms. The maximum atomic E-state index is 12.7. The van der Waals surface area contributed by atoms with Crippen LogP contribution in [0.25, 0.3) is 16.8 Å². The van der Waals surface area contributed by atoms with Crippen molar-refractivity contribution in [3.8, 4) is 5.75 Å². The smallest absolute Gasteiger partial charge is 0.340 e. The molecule has 1 aromatic heterocycles. The summed E-state index contributed by atoms with van der Waals surface area (Å²) in [5.41, 5.74) is 2.93. The summed E-state index contributed by atoms with van der Waals surface area (Å²) in [6.45, 7) is 3.83. The minimum absolute atomic E-state index is 0.0127. The Bertz CT molecular complexity index is 1180. The van der Waals surface area contributed by atoms with E-state index in [1.165, 1.54) is 19.4 Å². The first-order chi connectivity index (χ1) is 14.4. The lowest BCUT2D eigenvalue weighted by Crippen LogP contribution is -2.33. The first-order valence-electron chi connectivity index (χ1n) is 9.38. The van der Waals surface area contributed by atoms with Crippen LogP contribution in [0.3, 0.4) is 0 Å². The molecule has 0 saturated heterocycles. The van der Waals surface area contributed by atoms with Crippen LogP contribution in [-0.4, -0.2) is 29.8 Å². The first-order valence-corrected chi connectivity index (χ1v) is 9.38. The second-order valence-electron chi connectivity index (χ2n) is 6.77. The quantitative estimate of drug-likeness (QED) is 0.501. The Balaban J connectivity index is 1.91. The maximum absolute atomic E-state index is 12.7. The summed E-state index contributed by atoms with van der Waals surface area (Å²) in [7, 11) is 1.25. The number of hydrogen-bond acceptors (Lipinski definition) is 5. The molecule has 0 fully saturated rings. The molecular weight excluding hydrogens is 384 g/mol. The van der Waals surface area contributed by atoms with Crippen molar-refractivity contribution in [2.75, 3.05) is 12.5 Å². The molecule has 30 heavy (non-hydrogen) atoms. The van der Waals surface area contributed by atoms with Crippen LogP contribution in [0, 0.1) is 0 Å². The van der Waals surface area contributed by atoms with Gasteiger partial charge in [0.1, 0.15) is 5.75 Å². The fourth-order valence-electron chi connectivity index (χ4n) is 2.95. The van der Waals surface area contributed by atoms with Gasteiger partial charge in [0.2, 0.25) is 0 Å². The molecule has 1 amide bonds. The van der Waals surface area contributed by atoms with Crippen molar-refractivity contribution >= 4 is 28.7 Å². The van der Waals surface area contributed by atoms with Crippen LogP contribution in [0.2, 0.25) is 0 Å². The molecule has 0 radical (unpaired) electrons. The fraction of sp³-hybridized carbons (Fsp3) is 0.174. The van der Waals surface area contributed by atoms with Crippen LogP contribution in [0.5, 0.6) is 5.75 Å². The van der Waals surface area contributed by atoms with Crippen LogP contribution in [0.4, 0.5) is 0 Å². The van der Waals surface area contributed by atoms with Crippen molar-refractivity contribution in [3.63, 3.8) is 0 Å². The van der Waals surface area contributed by atoms with Crippen molar-refractivity contribution in [2.45, 2.75) is 20.0 Å². The molecule has 154 valence electrons. The molecule has 0 aliphatic carbocycles. The molecule has 0 bridgehead atoms. The van der Waals surface area contributed by atoms with Gasteiger partial charge in [0.15, 0.2) is 0 Å². The number of aromatic nitrogens is 1. The number of ether oxygens (including phenoxy) is 2. The summed E-state index contributed by atoms with van der Waals surface area (Å²) in [5, 5.41) is 0.746. The van der Waals surface area contributed by atoms with E-state index in [1.807, 2.05) is 38.1 Å². The SMILES string of the molecule is COC(=O)c1cn(NC(=O)/C=C/c2ccccc2OC(C)C)c(=O)c2ccccc12. The number of pyridine rings is 1. The second kappa shape index (κ2) is 9.09. The average molecular weight is 406 g/mol. The third-order valence-corrected chi connectivity index (χ3v) is 4.26. The van der Waals surface area contributed by atoms with Gasteiger partial charge in [-0.3, -0.25) is 15.0 Å². The first kappa shape index (κ1) is 20.9. The van der Waals surface area contributed by atoms with E-state index in [-0.39, 0.29) is 11.7 Å². The third kappa shape index (κ3) is 4.57. The minimum Gasteiger partial charge on any atom is -0.490 e. The van der Waals surface area contributed by atoms with Gasteiger partial charge in [-0.25, -0.2) is 9.47 Å². The lowest BCUT2D eigenvalue weighted by molar-refractivity contribution is -0.112. The summed E-state index contributed by atoms with van der Waals surface area (Å²) in [6.07, 6.45) is 4.14. The van der Waals surface area contributed by atoms with E-state index in [4.69, 9.17) is 9.47 Å². The Morgan fingerprint density at radius 2 is 1.70 bits per heavy atom. The molecule has 0 aliphatic rings. The number of methoxy groups -OCH3 is 1. The van der Waals surface area contributed by atoms with Crippen molar-refractivity contribution in [1.29, 1.82) is 0 Å². The molecule has 2 aromatic carbocycles. The Labute approximate surface area is 173 Å². The Hall–Kier alpha value is -3.87. The number of rotatable bonds is 6. The normalized spacial score (nSPS) is 11.1. The van der Waals surface area contributed by atoms with E-state index in [2.05, 4.69) is 5.43 Å². The van der Waals surface area contributed by atoms with Crippen molar-refractivity contribution < 1.29 is 19.1 Å². The van der Waals surface area contributed by atoms with Gasteiger partial charge < -0.3 is 9.47 Å². The Kier molecular flexibility index (Phi) is 6.32. The van der Waals surface area contributed by atoms with Crippen LogP contribution in [0.1, 0.15) is 29.8 Å². The number of esters is 1. The van der Waals surface area contributed by atoms with Crippen LogP contribution in [-0.2, 0) is 9.53 Å². The summed E-state index contributed by atoms with van der Waals surface area (Å²) in [6, 6.07) is 14.0. The monoisotopic (exact) mass is 406 g/mol. The molecule has 1 heterocycles. The molecule has 7 nitrogen and oxygen atoms in total. The number of para-hydroxylation sites is 1. The minimum atomic E-state index is -0.607. The predicted molar refractivity (Wildman–Crippen MR) is 115 cm³/mol. The van der Waals surface area contributed by atoms with Crippen molar-refractivity contribution in [3.05, 3.63) is 82.3 Å². The van der Waals surface area contributed by atoms with E-state index in [1.54, 1.807) is 30.3 Å². The molecular formula is C23H22N2O5. The summed E-state index contributed by atoms with van der Waals surface area (Å²) in [5.74, 6) is -0.501. The molecule has 0 aliphatic heterocycles. The van der Waals surface area contributed by atoms with Gasteiger partial charge in [-0.2, -0.15) is 0 Å². The number of fused-ring (bicyclic) bond motifs is 1. The Morgan fingerprint density at radius 1 is 1.03 bits per heavy atom. The molecule has 3 rings (SSSR count). The summed E-state index contributed by atoms with van der Waals surface area (Å²) in [4.78, 5) is 37.3. The van der Waals surface area contributed by atoms with Crippen molar-refractivity contribution in [1.82, 2.24) is 4.68 Å². The standard InChI is InChI=1S/C23H22N2O5/c1-15(2)30-20-11-7-4-8-16(20)12-13-21(26)24-25-14-19(23(28)29-3)17-9-5-6-10-18(17)22(25)27/h4-15H,1-3H3,(H,24,26)/b13-12+. The van der Waals surface area contributed by atoms with E-state index < -0.39 is 17.4 Å². The lowest BCUT2D eigenvalue weighted by Gasteiger charge is -2.12. The highest BCUT2D eigenvalue weighted by atomic mass is 16.5. The topological polar surface area (TPSA) is 86.6 Å². The summed E-state index contributed by atoms with van der Waals surface area (Å²) >= 11 is 0. The molecule has 1 N–H and O–H groups in total. The van der Waals surface area contributed by atoms with E-state index in [9.17, 15) is 14.4 Å². The van der Waals surface area contributed by atoms with Crippen LogP contribution >= 0.6 is 0 Å². The van der Waals surface area contributed by atoms with Gasteiger partial charge in [0, 0.05) is 28.6 Å². The highest BCUT2D eigenvalue weighted by Gasteiger charge is 2.15. The lowest BCUT2D eigenvalue weighted by atomic mass is 10.1. The fourth-order valence-corrected chi connectivity index (χ4v) is 2.95. The van der Waals surface area contributed by atoms with Gasteiger partial charge in [0.25, 0.3) is 11.5 Å². The van der Waals surface area contributed by atoms with Gasteiger partial charge in [-0.15, -0.1) is 0 Å².